The highest BCUT2D eigenvalue weighted by molar-refractivity contribution is 5.87. The first-order valence-corrected chi connectivity index (χ1v) is 7.82. The number of carboxylic acid groups (broad SMARTS) is 1. The maximum Gasteiger partial charge on any atom is 0.335 e. The van der Waals surface area contributed by atoms with E-state index < -0.39 is 5.97 Å². The van der Waals surface area contributed by atoms with Gasteiger partial charge in [0.25, 0.3) is 0 Å². The number of hydrogen-bond donors (Lipinski definition) is 1. The molecule has 0 amide bonds. The van der Waals surface area contributed by atoms with Gasteiger partial charge in [0.2, 0.25) is 0 Å². The summed E-state index contributed by atoms with van der Waals surface area (Å²) in [7, 11) is 0. The molecule has 2 aromatic carbocycles. The molecule has 116 valence electrons. The van der Waals surface area contributed by atoms with E-state index in [1.165, 1.54) is 5.56 Å². The highest BCUT2D eigenvalue weighted by atomic mass is 16.4. The normalized spacial score (nSPS) is 12.3. The molecule has 0 radical (unpaired) electrons. The van der Waals surface area contributed by atoms with E-state index in [1.54, 1.807) is 12.1 Å². The van der Waals surface area contributed by atoms with E-state index in [-0.39, 0.29) is 5.92 Å². The Morgan fingerprint density at radius 3 is 2.48 bits per heavy atom. The Morgan fingerprint density at radius 1 is 1.13 bits per heavy atom. The van der Waals surface area contributed by atoms with Gasteiger partial charge in [-0.1, -0.05) is 44.2 Å². The third kappa shape index (κ3) is 2.95. The average Bonchev–Trinajstić information content (AvgIpc) is 2.60. The number of aromatic carboxylic acids is 1. The van der Waals surface area contributed by atoms with E-state index >= 15 is 0 Å². The minimum atomic E-state index is -0.896. The topological polar surface area (TPSA) is 50.2 Å². The fraction of sp³-hybridized carbons (Fsp3) is 0.200. The summed E-state index contributed by atoms with van der Waals surface area (Å²) in [4.78, 5) is 15.7. The van der Waals surface area contributed by atoms with Gasteiger partial charge < -0.3 is 5.11 Å². The van der Waals surface area contributed by atoms with Gasteiger partial charge in [0.05, 0.1) is 11.1 Å². The van der Waals surface area contributed by atoms with Gasteiger partial charge in [-0.15, -0.1) is 0 Å². The summed E-state index contributed by atoms with van der Waals surface area (Å²) in [6.45, 7) is 4.25. The molecule has 3 rings (SSSR count). The summed E-state index contributed by atoms with van der Waals surface area (Å²) in [6, 6.07) is 17.5. The Balaban J connectivity index is 2.09. The van der Waals surface area contributed by atoms with Crippen LogP contribution in [0.25, 0.3) is 10.9 Å². The van der Waals surface area contributed by atoms with Gasteiger partial charge >= 0.3 is 5.97 Å². The lowest BCUT2D eigenvalue weighted by atomic mass is 9.89. The largest absolute Gasteiger partial charge is 0.478 e. The predicted octanol–water partition coefficient (Wildman–Crippen LogP) is 4.65. The number of aromatic nitrogens is 1. The molecule has 0 fully saturated rings. The van der Waals surface area contributed by atoms with Crippen LogP contribution in [0.4, 0.5) is 0 Å². The first-order valence-electron chi connectivity index (χ1n) is 7.82. The number of rotatable bonds is 4. The summed E-state index contributed by atoms with van der Waals surface area (Å²) >= 11 is 0. The first kappa shape index (κ1) is 15.2. The van der Waals surface area contributed by atoms with Crippen molar-refractivity contribution in [2.75, 3.05) is 0 Å². The van der Waals surface area contributed by atoms with Gasteiger partial charge in [0.1, 0.15) is 0 Å². The molecular weight excluding hydrogens is 286 g/mol. The minimum absolute atomic E-state index is 0.177. The van der Waals surface area contributed by atoms with Crippen LogP contribution in [0.2, 0.25) is 0 Å². The van der Waals surface area contributed by atoms with Crippen LogP contribution in [0.5, 0.6) is 0 Å². The van der Waals surface area contributed by atoms with Gasteiger partial charge in [-0.2, -0.15) is 0 Å². The molecule has 3 nitrogen and oxygen atoms in total. The van der Waals surface area contributed by atoms with Crippen molar-refractivity contribution < 1.29 is 9.90 Å². The number of benzene rings is 2. The van der Waals surface area contributed by atoms with Crippen molar-refractivity contribution in [2.45, 2.75) is 26.2 Å². The summed E-state index contributed by atoms with van der Waals surface area (Å²) < 4.78 is 0. The summed E-state index contributed by atoms with van der Waals surface area (Å²) in [5.41, 5.74) is 4.74. The van der Waals surface area contributed by atoms with E-state index in [1.807, 2.05) is 30.3 Å². The van der Waals surface area contributed by atoms with E-state index in [0.29, 0.717) is 5.56 Å². The fourth-order valence-electron chi connectivity index (χ4n) is 2.89. The fourth-order valence-corrected chi connectivity index (χ4v) is 2.89. The number of carbonyl (C=O) groups is 1. The second-order valence-electron chi connectivity index (χ2n) is 5.72. The molecule has 1 unspecified atom stereocenters. The predicted molar refractivity (Wildman–Crippen MR) is 92.0 cm³/mol. The molecule has 0 saturated carbocycles. The Bertz CT molecular complexity index is 853. The van der Waals surface area contributed by atoms with Crippen LogP contribution >= 0.6 is 0 Å². The third-order valence-electron chi connectivity index (χ3n) is 4.29. The maximum atomic E-state index is 11.0. The maximum absolute atomic E-state index is 11.0. The molecule has 0 bridgehead atoms. The van der Waals surface area contributed by atoms with Crippen molar-refractivity contribution in [1.82, 2.24) is 4.98 Å². The molecule has 1 aromatic heterocycles. The molecular formula is C20H19NO2. The summed E-state index contributed by atoms with van der Waals surface area (Å²) in [5, 5.41) is 10.2. The number of aryl methyl sites for hydroxylation is 1. The highest BCUT2D eigenvalue weighted by Crippen LogP contribution is 2.30. The molecule has 0 saturated heterocycles. The molecule has 3 heteroatoms. The van der Waals surface area contributed by atoms with Gasteiger partial charge in [-0.05, 0) is 41.8 Å². The standard InChI is InChI=1S/C20H19NO2/c1-3-16-12-18(17-6-4-5-7-19(17)21-16)13(2)14-8-10-15(11-9-14)20(22)23/h4-13H,3H2,1-2H3,(H,22,23). The SMILES string of the molecule is CCc1cc(C(C)c2ccc(C(=O)O)cc2)c2ccccc2n1. The van der Waals surface area contributed by atoms with E-state index in [4.69, 9.17) is 10.1 Å². The van der Waals surface area contributed by atoms with Gasteiger partial charge in [0, 0.05) is 17.0 Å². The zero-order valence-corrected chi connectivity index (χ0v) is 13.3. The zero-order chi connectivity index (χ0) is 16.4. The van der Waals surface area contributed by atoms with E-state index in [0.717, 1.165) is 28.6 Å². The zero-order valence-electron chi connectivity index (χ0n) is 13.3. The van der Waals surface area contributed by atoms with Gasteiger partial charge in [-0.3, -0.25) is 4.98 Å². The third-order valence-corrected chi connectivity index (χ3v) is 4.29. The monoisotopic (exact) mass is 305 g/mol. The first-order chi connectivity index (χ1) is 11.1. The van der Waals surface area contributed by atoms with Crippen LogP contribution in [-0.2, 0) is 6.42 Å². The summed E-state index contributed by atoms with van der Waals surface area (Å²) in [5.74, 6) is -0.720. The molecule has 0 aliphatic heterocycles. The number of nitrogens with zero attached hydrogens (tertiary/aromatic N) is 1. The molecule has 0 spiro atoms. The van der Waals surface area contributed by atoms with E-state index in [9.17, 15) is 4.79 Å². The van der Waals surface area contributed by atoms with Crippen molar-refractivity contribution in [1.29, 1.82) is 0 Å². The number of fused-ring (bicyclic) bond motifs is 1. The van der Waals surface area contributed by atoms with Crippen molar-refractivity contribution >= 4 is 16.9 Å². The quantitative estimate of drug-likeness (QED) is 0.763. The summed E-state index contributed by atoms with van der Waals surface area (Å²) in [6.07, 6.45) is 0.891. The smallest absolute Gasteiger partial charge is 0.335 e. The molecule has 23 heavy (non-hydrogen) atoms. The molecule has 3 aromatic rings. The van der Waals surface area contributed by atoms with Crippen molar-refractivity contribution in [3.63, 3.8) is 0 Å². The van der Waals surface area contributed by atoms with Crippen LogP contribution < -0.4 is 0 Å². The number of para-hydroxylation sites is 1. The van der Waals surface area contributed by atoms with Gasteiger partial charge in [-0.25, -0.2) is 4.79 Å². The lowest BCUT2D eigenvalue weighted by Gasteiger charge is -2.16. The number of pyridine rings is 1. The lowest BCUT2D eigenvalue weighted by molar-refractivity contribution is 0.0697. The minimum Gasteiger partial charge on any atom is -0.478 e. The average molecular weight is 305 g/mol. The molecule has 1 atom stereocenters. The van der Waals surface area contributed by atoms with Crippen molar-refractivity contribution in [3.8, 4) is 0 Å². The van der Waals surface area contributed by atoms with Crippen LogP contribution in [0.3, 0.4) is 0 Å². The molecule has 1 N–H and O–H groups in total. The Labute approximate surface area is 135 Å². The van der Waals surface area contributed by atoms with Crippen molar-refractivity contribution in [3.05, 3.63) is 77.0 Å². The molecule has 1 heterocycles. The van der Waals surface area contributed by atoms with Gasteiger partial charge in [0.15, 0.2) is 0 Å². The highest BCUT2D eigenvalue weighted by Gasteiger charge is 2.14. The number of hydrogen-bond acceptors (Lipinski definition) is 2. The Hall–Kier alpha value is -2.68. The van der Waals surface area contributed by atoms with Crippen LogP contribution in [0.1, 0.15) is 46.9 Å². The molecule has 0 aliphatic rings. The molecule has 0 aliphatic carbocycles. The van der Waals surface area contributed by atoms with E-state index in [2.05, 4.69) is 26.0 Å². The second-order valence-corrected chi connectivity index (χ2v) is 5.72. The van der Waals surface area contributed by atoms with Crippen LogP contribution in [0, 0.1) is 0 Å². The van der Waals surface area contributed by atoms with Crippen molar-refractivity contribution in [2.24, 2.45) is 0 Å². The van der Waals surface area contributed by atoms with Crippen LogP contribution in [-0.4, -0.2) is 16.1 Å². The number of carboxylic acids is 1. The van der Waals surface area contributed by atoms with Crippen LogP contribution in [0.15, 0.2) is 54.6 Å². The second kappa shape index (κ2) is 6.21. The Morgan fingerprint density at radius 2 is 1.83 bits per heavy atom. The Kier molecular flexibility index (Phi) is 4.11. The lowest BCUT2D eigenvalue weighted by Crippen LogP contribution is -2.02.